The third-order valence-electron chi connectivity index (χ3n) is 16.5. The van der Waals surface area contributed by atoms with Crippen LogP contribution in [0, 0.1) is 0 Å². The quantitative estimate of drug-likeness (QED) is 0.101. The molecule has 0 unspecified atom stereocenters. The summed E-state index contributed by atoms with van der Waals surface area (Å²) in [5.74, 6) is 0. The second-order valence-electron chi connectivity index (χ2n) is 20.3. The lowest BCUT2D eigenvalue weighted by molar-refractivity contribution is 0.770. The number of hydrogen-bond acceptors (Lipinski definition) is 0. The first-order valence-electron chi connectivity index (χ1n) is 26.4. The molecule has 356 valence electrons. The number of benzene rings is 12. The van der Waals surface area contributed by atoms with Crippen LogP contribution in [0.25, 0.3) is 77.2 Å². The largest absolute Gasteiger partial charge is 0.307 e. The fourth-order valence-electron chi connectivity index (χ4n) is 13.5. The van der Waals surface area contributed by atoms with E-state index in [2.05, 4.69) is 312 Å². The highest BCUT2D eigenvalue weighted by atomic mass is 28.3. The summed E-state index contributed by atoms with van der Waals surface area (Å²) in [6.07, 6.45) is 0. The van der Waals surface area contributed by atoms with Crippen molar-refractivity contribution in [3.63, 3.8) is 0 Å². The highest BCUT2D eigenvalue weighted by molar-refractivity contribution is 7.19. The lowest BCUT2D eigenvalue weighted by atomic mass is 9.66. The standard InChI is InChI=1S/C73H50N2Si/c1-6-25-52(26-7-1)73(53-27-8-2-9-28-53)66-43-19-16-37-60(66)63-41-23-40-59(71(63)73)51-47-48-69-65(49-51)62-39-18-21-45-68(62)75(69)70-46-24-42-64-61-38-17-20-44-67(61)74(72(64)70)54-29-22-36-58(50-54)76(55-30-10-3-11-31-55,56-32-12-4-13-33-56)57-34-14-5-15-35-57/h1-50H. The van der Waals surface area contributed by atoms with Crippen LogP contribution in [0.2, 0.25) is 0 Å². The maximum Gasteiger partial charge on any atom is 0.179 e. The molecule has 0 saturated carbocycles. The van der Waals surface area contributed by atoms with Crippen LogP contribution in [0.4, 0.5) is 0 Å². The minimum Gasteiger partial charge on any atom is -0.307 e. The Hall–Kier alpha value is -9.54. The van der Waals surface area contributed by atoms with Crippen molar-refractivity contribution in [2.24, 2.45) is 0 Å². The van der Waals surface area contributed by atoms with E-state index in [4.69, 9.17) is 0 Å². The fraction of sp³-hybridized carbons (Fsp3) is 0.0137. The summed E-state index contributed by atoms with van der Waals surface area (Å²) in [6, 6.07) is 114. The molecule has 2 nitrogen and oxygen atoms in total. The molecule has 0 amide bonds. The van der Waals surface area contributed by atoms with E-state index in [9.17, 15) is 0 Å². The molecule has 0 radical (unpaired) electrons. The molecule has 1 aliphatic carbocycles. The van der Waals surface area contributed by atoms with Gasteiger partial charge in [0.1, 0.15) is 0 Å². The molecule has 0 bridgehead atoms. The van der Waals surface area contributed by atoms with Gasteiger partial charge in [-0.05, 0) is 108 Å². The van der Waals surface area contributed by atoms with Gasteiger partial charge in [-0.15, -0.1) is 0 Å². The first-order valence-corrected chi connectivity index (χ1v) is 28.4. The van der Waals surface area contributed by atoms with Gasteiger partial charge in [0.2, 0.25) is 0 Å². The minimum absolute atomic E-state index is 0.528. The number of para-hydroxylation sites is 3. The molecular weight excluding hydrogens is 933 g/mol. The van der Waals surface area contributed by atoms with Gasteiger partial charge in [-0.25, -0.2) is 0 Å². The SMILES string of the molecule is c1ccc(C2(c3ccccc3)c3ccccc3-c3cccc(-c4ccc5c(c4)c4ccccc4n5-c4cccc5c6ccccc6n(-c6cccc([Si](c7ccccc7)(c7ccccc7)c7ccccc7)c6)c45)c32)cc1. The van der Waals surface area contributed by atoms with Gasteiger partial charge in [0.15, 0.2) is 8.07 Å². The maximum absolute atomic E-state index is 2.84. The van der Waals surface area contributed by atoms with E-state index in [0.29, 0.717) is 0 Å². The molecule has 2 aromatic heterocycles. The van der Waals surface area contributed by atoms with Crippen LogP contribution in [-0.4, -0.2) is 17.2 Å². The first-order chi connectivity index (χ1) is 37.7. The van der Waals surface area contributed by atoms with E-state index >= 15 is 0 Å². The first kappa shape index (κ1) is 44.0. The van der Waals surface area contributed by atoms with E-state index < -0.39 is 13.5 Å². The molecule has 76 heavy (non-hydrogen) atoms. The number of rotatable bonds is 9. The third-order valence-corrected chi connectivity index (χ3v) is 21.3. The van der Waals surface area contributed by atoms with E-state index in [1.54, 1.807) is 0 Å². The lowest BCUT2D eigenvalue weighted by Gasteiger charge is -2.35. The maximum atomic E-state index is 2.54. The Labute approximate surface area is 443 Å². The second-order valence-corrected chi connectivity index (χ2v) is 24.1. The van der Waals surface area contributed by atoms with Crippen LogP contribution in [0.1, 0.15) is 22.3 Å². The molecule has 0 spiro atoms. The Balaban J connectivity index is 0.975. The van der Waals surface area contributed by atoms with Crippen LogP contribution in [0.3, 0.4) is 0 Å². The molecule has 0 saturated heterocycles. The molecule has 3 heteroatoms. The summed E-state index contributed by atoms with van der Waals surface area (Å²) < 4.78 is 5.06. The summed E-state index contributed by atoms with van der Waals surface area (Å²) in [5, 5.41) is 10.3. The van der Waals surface area contributed by atoms with Crippen LogP contribution >= 0.6 is 0 Å². The van der Waals surface area contributed by atoms with Crippen molar-refractivity contribution in [3.8, 4) is 33.6 Å². The van der Waals surface area contributed by atoms with Gasteiger partial charge in [0, 0.05) is 27.2 Å². The molecular formula is C73H50N2Si. The molecule has 0 N–H and O–H groups in total. The van der Waals surface area contributed by atoms with Gasteiger partial charge < -0.3 is 9.13 Å². The van der Waals surface area contributed by atoms with Gasteiger partial charge in [0.25, 0.3) is 0 Å². The van der Waals surface area contributed by atoms with E-state index in [1.807, 2.05) is 0 Å². The van der Waals surface area contributed by atoms with Crippen LogP contribution < -0.4 is 20.7 Å². The summed E-state index contributed by atoms with van der Waals surface area (Å²) in [7, 11) is -2.84. The van der Waals surface area contributed by atoms with Gasteiger partial charge >= 0.3 is 0 Å². The molecule has 15 rings (SSSR count). The Kier molecular flexibility index (Phi) is 10.2. The van der Waals surface area contributed by atoms with Crippen molar-refractivity contribution >= 4 is 72.4 Å². The number of fused-ring (bicyclic) bond motifs is 9. The number of hydrogen-bond donors (Lipinski definition) is 0. The smallest absolute Gasteiger partial charge is 0.179 e. The van der Waals surface area contributed by atoms with Gasteiger partial charge in [-0.2, -0.15) is 0 Å². The predicted octanol–water partition coefficient (Wildman–Crippen LogP) is 15.3. The molecule has 0 atom stereocenters. The molecule has 14 aromatic rings. The van der Waals surface area contributed by atoms with Gasteiger partial charge in [-0.3, -0.25) is 0 Å². The molecule has 0 fully saturated rings. The van der Waals surface area contributed by atoms with Crippen molar-refractivity contribution in [2.75, 3.05) is 0 Å². The Morgan fingerprint density at radius 3 is 1.39 bits per heavy atom. The average Bonchev–Trinajstić information content (AvgIpc) is 4.31. The summed E-state index contributed by atoms with van der Waals surface area (Å²) in [5.41, 5.74) is 16.6. The number of aromatic nitrogens is 2. The zero-order valence-corrected chi connectivity index (χ0v) is 42.8. The topological polar surface area (TPSA) is 9.86 Å². The summed E-state index contributed by atoms with van der Waals surface area (Å²) in [6.45, 7) is 0. The summed E-state index contributed by atoms with van der Waals surface area (Å²) in [4.78, 5) is 0. The summed E-state index contributed by atoms with van der Waals surface area (Å²) >= 11 is 0. The number of nitrogens with zero attached hydrogens (tertiary/aromatic N) is 2. The van der Waals surface area contributed by atoms with Crippen molar-refractivity contribution < 1.29 is 0 Å². The Morgan fingerprint density at radius 1 is 0.289 bits per heavy atom. The monoisotopic (exact) mass is 982 g/mol. The molecule has 0 aliphatic heterocycles. The highest BCUT2D eigenvalue weighted by Crippen LogP contribution is 2.59. The van der Waals surface area contributed by atoms with Gasteiger partial charge in [0.05, 0.1) is 33.2 Å². The highest BCUT2D eigenvalue weighted by Gasteiger charge is 2.47. The average molecular weight is 983 g/mol. The van der Waals surface area contributed by atoms with E-state index in [-0.39, 0.29) is 0 Å². The third kappa shape index (κ3) is 6.33. The van der Waals surface area contributed by atoms with E-state index in [1.165, 1.54) is 109 Å². The minimum atomic E-state index is -2.84. The zero-order valence-electron chi connectivity index (χ0n) is 41.8. The molecule has 12 aromatic carbocycles. The van der Waals surface area contributed by atoms with E-state index in [0.717, 1.165) is 11.4 Å². The van der Waals surface area contributed by atoms with Crippen molar-refractivity contribution in [2.45, 2.75) is 5.41 Å². The van der Waals surface area contributed by atoms with Crippen LogP contribution in [0.15, 0.2) is 303 Å². The van der Waals surface area contributed by atoms with Crippen molar-refractivity contribution in [3.05, 3.63) is 326 Å². The van der Waals surface area contributed by atoms with Crippen molar-refractivity contribution in [1.82, 2.24) is 9.13 Å². The van der Waals surface area contributed by atoms with Crippen molar-refractivity contribution in [1.29, 1.82) is 0 Å². The zero-order chi connectivity index (χ0) is 50.2. The molecule has 2 heterocycles. The Morgan fingerprint density at radius 2 is 0.750 bits per heavy atom. The normalized spacial score (nSPS) is 12.8. The lowest BCUT2D eigenvalue weighted by Crippen LogP contribution is -2.74. The predicted molar refractivity (Wildman–Crippen MR) is 321 cm³/mol. The van der Waals surface area contributed by atoms with Crippen LogP contribution in [-0.2, 0) is 5.41 Å². The second kappa shape index (κ2) is 17.6. The van der Waals surface area contributed by atoms with Crippen LogP contribution in [0.5, 0.6) is 0 Å². The fourth-order valence-corrected chi connectivity index (χ4v) is 18.3. The van der Waals surface area contributed by atoms with Gasteiger partial charge in [-0.1, -0.05) is 261 Å². The molecule has 1 aliphatic rings. The Bertz CT molecular complexity index is 4360.